The summed E-state index contributed by atoms with van der Waals surface area (Å²) < 4.78 is 30.5. The topological polar surface area (TPSA) is 38.3 Å². The molecule has 19 heavy (non-hydrogen) atoms. The Morgan fingerprint density at radius 3 is 2.63 bits per heavy atom. The van der Waals surface area contributed by atoms with Gasteiger partial charge in [0.15, 0.2) is 0 Å². The van der Waals surface area contributed by atoms with Crippen molar-refractivity contribution in [3.8, 4) is 0 Å². The number of benzene rings is 1. The van der Waals surface area contributed by atoms with Crippen LogP contribution in [0.15, 0.2) is 24.3 Å². The Morgan fingerprint density at radius 1 is 1.37 bits per heavy atom. The van der Waals surface area contributed by atoms with Gasteiger partial charge in [-0.2, -0.15) is 8.78 Å². The van der Waals surface area contributed by atoms with Gasteiger partial charge in [-0.05, 0) is 17.5 Å². The van der Waals surface area contributed by atoms with Gasteiger partial charge in [-0.3, -0.25) is 0 Å². The van der Waals surface area contributed by atoms with Gasteiger partial charge in [-0.25, -0.2) is 4.79 Å². The lowest BCUT2D eigenvalue weighted by Gasteiger charge is -2.12. The highest BCUT2D eigenvalue weighted by molar-refractivity contribution is 5.79. The highest BCUT2D eigenvalue weighted by atomic mass is 19.3. The van der Waals surface area contributed by atoms with Gasteiger partial charge in [0.25, 0.3) is 0 Å². The molecule has 1 aliphatic rings. The van der Waals surface area contributed by atoms with Crippen molar-refractivity contribution < 1.29 is 18.3 Å². The van der Waals surface area contributed by atoms with Crippen molar-refractivity contribution in [2.24, 2.45) is 0 Å². The summed E-state index contributed by atoms with van der Waals surface area (Å²) in [7, 11) is 0. The second-order valence-electron chi connectivity index (χ2n) is 4.69. The van der Waals surface area contributed by atoms with Crippen molar-refractivity contribution in [1.29, 1.82) is 0 Å². The molecule has 1 saturated heterocycles. The van der Waals surface area contributed by atoms with E-state index in [0.29, 0.717) is 6.54 Å². The maximum Gasteiger partial charge on any atom is 0.377 e. The number of nitrogens with one attached hydrogen (secondary N) is 1. The molecule has 0 aromatic heterocycles. The first kappa shape index (κ1) is 13.9. The molecule has 104 valence electrons. The molecule has 1 aliphatic heterocycles. The van der Waals surface area contributed by atoms with Gasteiger partial charge in [-0.15, -0.1) is 0 Å². The summed E-state index contributed by atoms with van der Waals surface area (Å²) in [4.78, 5) is 10.8. The van der Waals surface area contributed by atoms with Crippen LogP contribution < -0.4 is 5.32 Å². The molecule has 1 aromatic rings. The zero-order valence-electron chi connectivity index (χ0n) is 10.8. The molecular weight excluding hydrogens is 252 g/mol. The normalized spacial score (nSPS) is 21.4. The Kier molecular flexibility index (Phi) is 4.14. The van der Waals surface area contributed by atoms with Crippen LogP contribution in [0.4, 0.5) is 8.78 Å². The van der Waals surface area contributed by atoms with Gasteiger partial charge in [-0.1, -0.05) is 31.2 Å². The molecule has 2 rings (SSSR count). The number of ether oxygens (including phenoxy) is 1. The summed E-state index contributed by atoms with van der Waals surface area (Å²) in [6, 6.07) is 7.96. The van der Waals surface area contributed by atoms with Crippen molar-refractivity contribution in [2.75, 3.05) is 6.54 Å². The number of hydrogen-bond acceptors (Lipinski definition) is 3. The summed E-state index contributed by atoms with van der Waals surface area (Å²) in [6.07, 6.45) is -0.348. The van der Waals surface area contributed by atoms with Gasteiger partial charge in [0.05, 0.1) is 6.42 Å². The van der Waals surface area contributed by atoms with Gasteiger partial charge in [0.2, 0.25) is 0 Å². The first-order chi connectivity index (χ1) is 9.03. The number of alkyl halides is 2. The average molecular weight is 269 g/mol. The molecule has 5 heteroatoms. The number of esters is 1. The molecule has 0 spiro atoms. The number of carbonyl (C=O) groups excluding carboxylic acids is 1. The maximum atomic E-state index is 13.0. The number of rotatable bonds is 5. The molecule has 0 radical (unpaired) electrons. The van der Waals surface area contributed by atoms with Crippen LogP contribution in [-0.4, -0.2) is 24.5 Å². The highest BCUT2D eigenvalue weighted by Crippen LogP contribution is 2.30. The molecule has 0 bridgehead atoms. The Labute approximate surface area is 111 Å². The molecule has 0 saturated carbocycles. The summed E-state index contributed by atoms with van der Waals surface area (Å²) in [5.74, 6) is -4.73. The number of carbonyl (C=O) groups is 1. The number of halogens is 2. The summed E-state index contributed by atoms with van der Waals surface area (Å²) in [6.45, 7) is 2.90. The van der Waals surface area contributed by atoms with E-state index in [-0.39, 0.29) is 6.54 Å². The number of hydrogen-bond donors (Lipinski definition) is 1. The SMILES string of the molecule is CCc1ccccc1CNCC1CC(F)(F)C(=O)O1. The zero-order chi connectivity index (χ0) is 13.9. The van der Waals surface area contributed by atoms with E-state index >= 15 is 0 Å². The van der Waals surface area contributed by atoms with Crippen molar-refractivity contribution >= 4 is 5.97 Å². The molecule has 0 amide bonds. The fourth-order valence-corrected chi connectivity index (χ4v) is 2.21. The molecule has 1 fully saturated rings. The third-order valence-corrected chi connectivity index (χ3v) is 3.24. The fourth-order valence-electron chi connectivity index (χ4n) is 2.21. The van der Waals surface area contributed by atoms with Crippen molar-refractivity contribution in [3.63, 3.8) is 0 Å². The van der Waals surface area contributed by atoms with Crippen LogP contribution >= 0.6 is 0 Å². The van der Waals surface area contributed by atoms with E-state index in [0.717, 1.165) is 12.0 Å². The smallest absolute Gasteiger partial charge is 0.377 e. The van der Waals surface area contributed by atoms with Crippen molar-refractivity contribution in [2.45, 2.75) is 38.3 Å². The van der Waals surface area contributed by atoms with Gasteiger partial charge >= 0.3 is 11.9 Å². The van der Waals surface area contributed by atoms with E-state index in [4.69, 9.17) is 0 Å². The standard InChI is InChI=1S/C14H17F2NO2/c1-2-10-5-3-4-6-11(10)8-17-9-12-7-14(15,16)13(18)19-12/h3-6,12,17H,2,7-9H2,1H3. The molecule has 1 aromatic carbocycles. The minimum Gasteiger partial charge on any atom is -0.456 e. The first-order valence-corrected chi connectivity index (χ1v) is 6.39. The molecule has 0 aliphatic carbocycles. The van der Waals surface area contributed by atoms with E-state index in [1.54, 1.807) is 0 Å². The average Bonchev–Trinajstić information content (AvgIpc) is 2.63. The van der Waals surface area contributed by atoms with Crippen molar-refractivity contribution in [3.05, 3.63) is 35.4 Å². The predicted molar refractivity (Wildman–Crippen MR) is 67.0 cm³/mol. The largest absolute Gasteiger partial charge is 0.456 e. The number of aryl methyl sites for hydroxylation is 1. The molecule has 1 N–H and O–H groups in total. The third kappa shape index (κ3) is 3.29. The van der Waals surface area contributed by atoms with E-state index in [2.05, 4.69) is 17.0 Å². The van der Waals surface area contributed by atoms with E-state index in [9.17, 15) is 13.6 Å². The zero-order valence-corrected chi connectivity index (χ0v) is 10.8. The molecule has 1 unspecified atom stereocenters. The molecule has 1 atom stereocenters. The lowest BCUT2D eigenvalue weighted by Crippen LogP contribution is -2.27. The van der Waals surface area contributed by atoms with Crippen LogP contribution in [0.3, 0.4) is 0 Å². The van der Waals surface area contributed by atoms with Gasteiger partial charge in [0.1, 0.15) is 6.10 Å². The lowest BCUT2D eigenvalue weighted by atomic mass is 10.1. The Bertz CT molecular complexity index is 463. The van der Waals surface area contributed by atoms with E-state index in [1.807, 2.05) is 24.3 Å². The van der Waals surface area contributed by atoms with Crippen LogP contribution in [0.25, 0.3) is 0 Å². The lowest BCUT2D eigenvalue weighted by molar-refractivity contribution is -0.159. The fraction of sp³-hybridized carbons (Fsp3) is 0.500. The van der Waals surface area contributed by atoms with Crippen LogP contribution in [0.2, 0.25) is 0 Å². The Balaban J connectivity index is 1.83. The van der Waals surface area contributed by atoms with Crippen LogP contribution in [0.5, 0.6) is 0 Å². The van der Waals surface area contributed by atoms with Crippen LogP contribution in [-0.2, 0) is 22.5 Å². The second-order valence-corrected chi connectivity index (χ2v) is 4.69. The third-order valence-electron chi connectivity index (χ3n) is 3.24. The summed E-state index contributed by atoms with van der Waals surface area (Å²) in [5, 5.41) is 3.07. The number of cyclic esters (lactones) is 1. The first-order valence-electron chi connectivity index (χ1n) is 6.39. The van der Waals surface area contributed by atoms with E-state index in [1.165, 1.54) is 5.56 Å². The summed E-state index contributed by atoms with van der Waals surface area (Å²) in [5.41, 5.74) is 2.37. The van der Waals surface area contributed by atoms with Crippen molar-refractivity contribution in [1.82, 2.24) is 5.32 Å². The highest BCUT2D eigenvalue weighted by Gasteiger charge is 2.50. The quantitative estimate of drug-likeness (QED) is 0.833. The second kappa shape index (κ2) is 5.65. The molecule has 3 nitrogen and oxygen atoms in total. The molecular formula is C14H17F2NO2. The Hall–Kier alpha value is -1.49. The monoisotopic (exact) mass is 269 g/mol. The predicted octanol–water partition coefficient (Wildman–Crippen LogP) is 2.29. The summed E-state index contributed by atoms with van der Waals surface area (Å²) >= 11 is 0. The minimum absolute atomic E-state index is 0.249. The maximum absolute atomic E-state index is 13.0. The minimum atomic E-state index is -3.33. The van der Waals surface area contributed by atoms with Crippen LogP contribution in [0.1, 0.15) is 24.5 Å². The van der Waals surface area contributed by atoms with Gasteiger partial charge < -0.3 is 10.1 Å². The Morgan fingerprint density at radius 2 is 2.05 bits per heavy atom. The van der Waals surface area contributed by atoms with E-state index < -0.39 is 24.4 Å². The molecule has 1 heterocycles. The van der Waals surface area contributed by atoms with Gasteiger partial charge in [0, 0.05) is 13.1 Å². The van der Waals surface area contributed by atoms with Crippen LogP contribution in [0, 0.1) is 0 Å².